The Balaban J connectivity index is 1.91. The van der Waals surface area contributed by atoms with Crippen LogP contribution in [0.5, 0.6) is 0 Å². The van der Waals surface area contributed by atoms with E-state index in [4.69, 9.17) is 0 Å². The first kappa shape index (κ1) is 15.2. The quantitative estimate of drug-likeness (QED) is 0.806. The van der Waals surface area contributed by atoms with Crippen LogP contribution in [0.4, 0.5) is 0 Å². The Morgan fingerprint density at radius 1 is 1.05 bits per heavy atom. The zero-order chi connectivity index (χ0) is 14.4. The Morgan fingerprint density at radius 2 is 1.75 bits per heavy atom. The molecule has 108 valence electrons. The summed E-state index contributed by atoms with van der Waals surface area (Å²) in [7, 11) is 0. The van der Waals surface area contributed by atoms with Gasteiger partial charge in [0.1, 0.15) is 0 Å². The summed E-state index contributed by atoms with van der Waals surface area (Å²) in [6.07, 6.45) is 1.58. The summed E-state index contributed by atoms with van der Waals surface area (Å²) in [5.74, 6) is 0. The molecule has 0 aliphatic heterocycles. The van der Waals surface area contributed by atoms with Gasteiger partial charge in [-0.05, 0) is 30.5 Å². The first-order chi connectivity index (χ1) is 9.67. The molecular formula is C17H23NOS. The van der Waals surface area contributed by atoms with Gasteiger partial charge in [0.05, 0.1) is 5.60 Å². The molecule has 0 aliphatic rings. The maximum Gasteiger partial charge on any atom is 0.0766 e. The lowest BCUT2D eigenvalue weighted by atomic mass is 9.98. The van der Waals surface area contributed by atoms with Gasteiger partial charge in [0.2, 0.25) is 0 Å². The van der Waals surface area contributed by atoms with Crippen LogP contribution >= 0.6 is 11.3 Å². The molecule has 1 heterocycles. The van der Waals surface area contributed by atoms with Crippen LogP contribution < -0.4 is 5.32 Å². The number of hydrogen-bond acceptors (Lipinski definition) is 3. The van der Waals surface area contributed by atoms with Crippen molar-refractivity contribution in [1.29, 1.82) is 0 Å². The summed E-state index contributed by atoms with van der Waals surface area (Å²) < 4.78 is 0. The first-order valence-electron chi connectivity index (χ1n) is 7.24. The van der Waals surface area contributed by atoms with Crippen LogP contribution in [-0.2, 0) is 6.54 Å². The molecule has 0 saturated carbocycles. The Bertz CT molecular complexity index is 517. The molecule has 0 bridgehead atoms. The molecule has 2 rings (SSSR count). The van der Waals surface area contributed by atoms with Gasteiger partial charge in [0.25, 0.3) is 0 Å². The van der Waals surface area contributed by atoms with Gasteiger partial charge in [-0.2, -0.15) is 0 Å². The second-order valence-corrected chi connectivity index (χ2v) is 6.34. The Labute approximate surface area is 125 Å². The van der Waals surface area contributed by atoms with Crippen LogP contribution in [0, 0.1) is 0 Å². The minimum Gasteiger partial charge on any atom is -0.389 e. The molecule has 20 heavy (non-hydrogen) atoms. The van der Waals surface area contributed by atoms with Crippen molar-refractivity contribution in [3.8, 4) is 10.4 Å². The van der Waals surface area contributed by atoms with Crippen LogP contribution in [0.1, 0.15) is 31.6 Å². The lowest BCUT2D eigenvalue weighted by Gasteiger charge is -2.25. The maximum atomic E-state index is 10.2. The standard InChI is InChI=1S/C17H23NOS/c1-3-17(19,4-2)13-18-12-15-10-11-16(20-15)14-8-6-5-7-9-14/h5-11,18-19H,3-4,12-13H2,1-2H3. The lowest BCUT2D eigenvalue weighted by Crippen LogP contribution is -2.39. The number of benzene rings is 1. The van der Waals surface area contributed by atoms with Gasteiger partial charge in [-0.25, -0.2) is 0 Å². The fourth-order valence-electron chi connectivity index (χ4n) is 2.15. The summed E-state index contributed by atoms with van der Waals surface area (Å²) >= 11 is 1.81. The van der Waals surface area contributed by atoms with Crippen LogP contribution in [0.25, 0.3) is 10.4 Å². The fraction of sp³-hybridized carbons (Fsp3) is 0.412. The highest BCUT2D eigenvalue weighted by molar-refractivity contribution is 7.15. The molecule has 0 unspecified atom stereocenters. The zero-order valence-electron chi connectivity index (χ0n) is 12.2. The van der Waals surface area contributed by atoms with E-state index < -0.39 is 5.60 Å². The van der Waals surface area contributed by atoms with Gasteiger partial charge in [0.15, 0.2) is 0 Å². The molecular weight excluding hydrogens is 266 g/mol. The van der Waals surface area contributed by atoms with E-state index in [2.05, 4.69) is 41.7 Å². The number of rotatable bonds is 7. The van der Waals surface area contributed by atoms with Gasteiger partial charge >= 0.3 is 0 Å². The molecule has 3 heteroatoms. The van der Waals surface area contributed by atoms with Crippen LogP contribution in [0.2, 0.25) is 0 Å². The molecule has 0 fully saturated rings. The number of aliphatic hydroxyl groups is 1. The van der Waals surface area contributed by atoms with E-state index in [9.17, 15) is 5.11 Å². The molecule has 2 nitrogen and oxygen atoms in total. The Morgan fingerprint density at radius 3 is 2.40 bits per heavy atom. The van der Waals surface area contributed by atoms with Crippen molar-refractivity contribution in [3.63, 3.8) is 0 Å². The number of hydrogen-bond donors (Lipinski definition) is 2. The summed E-state index contributed by atoms with van der Waals surface area (Å²) in [6.45, 7) is 5.53. The van der Waals surface area contributed by atoms with E-state index in [1.54, 1.807) is 0 Å². The van der Waals surface area contributed by atoms with Crippen molar-refractivity contribution in [2.45, 2.75) is 38.8 Å². The van der Waals surface area contributed by atoms with E-state index in [0.29, 0.717) is 6.54 Å². The third-order valence-corrected chi connectivity index (χ3v) is 4.92. The van der Waals surface area contributed by atoms with Crippen LogP contribution in [0.15, 0.2) is 42.5 Å². The van der Waals surface area contributed by atoms with Gasteiger partial charge < -0.3 is 10.4 Å². The van der Waals surface area contributed by atoms with Gasteiger partial charge in [-0.3, -0.25) is 0 Å². The Kier molecular flexibility index (Phi) is 5.35. The predicted molar refractivity (Wildman–Crippen MR) is 87.0 cm³/mol. The van der Waals surface area contributed by atoms with Crippen molar-refractivity contribution in [2.24, 2.45) is 0 Å². The molecule has 1 aromatic heterocycles. The molecule has 0 amide bonds. The third-order valence-electron chi connectivity index (χ3n) is 3.79. The molecule has 0 atom stereocenters. The van der Waals surface area contributed by atoms with Gasteiger partial charge in [-0.1, -0.05) is 44.2 Å². The number of nitrogens with one attached hydrogen (secondary N) is 1. The summed E-state index contributed by atoms with van der Waals surface area (Å²) in [6, 6.07) is 14.8. The fourth-order valence-corrected chi connectivity index (χ4v) is 3.13. The highest BCUT2D eigenvalue weighted by Crippen LogP contribution is 2.27. The van der Waals surface area contributed by atoms with E-state index in [0.717, 1.165) is 19.4 Å². The van der Waals surface area contributed by atoms with Crippen molar-refractivity contribution < 1.29 is 5.11 Å². The minimum atomic E-state index is -0.570. The van der Waals surface area contributed by atoms with Crippen molar-refractivity contribution in [3.05, 3.63) is 47.3 Å². The predicted octanol–water partition coefficient (Wildman–Crippen LogP) is 4.06. The lowest BCUT2D eigenvalue weighted by molar-refractivity contribution is 0.0323. The molecule has 0 saturated heterocycles. The largest absolute Gasteiger partial charge is 0.389 e. The van der Waals surface area contributed by atoms with Crippen LogP contribution in [0.3, 0.4) is 0 Å². The monoisotopic (exact) mass is 289 g/mol. The molecule has 0 radical (unpaired) electrons. The van der Waals surface area contributed by atoms with Crippen LogP contribution in [-0.4, -0.2) is 17.3 Å². The molecule has 1 aromatic carbocycles. The maximum absolute atomic E-state index is 10.2. The van der Waals surface area contributed by atoms with Gasteiger partial charge in [0, 0.05) is 22.8 Å². The molecule has 0 aliphatic carbocycles. The topological polar surface area (TPSA) is 32.3 Å². The summed E-state index contributed by atoms with van der Waals surface area (Å²) in [4.78, 5) is 2.60. The second-order valence-electron chi connectivity index (χ2n) is 5.17. The zero-order valence-corrected chi connectivity index (χ0v) is 13.0. The smallest absolute Gasteiger partial charge is 0.0766 e. The average Bonchev–Trinajstić information content (AvgIpc) is 2.97. The number of thiophene rings is 1. The van der Waals surface area contributed by atoms with E-state index in [1.807, 2.05) is 31.3 Å². The Hall–Kier alpha value is -1.16. The highest BCUT2D eigenvalue weighted by Gasteiger charge is 2.21. The molecule has 2 N–H and O–H groups in total. The van der Waals surface area contributed by atoms with Gasteiger partial charge in [-0.15, -0.1) is 11.3 Å². The minimum absolute atomic E-state index is 0.570. The highest BCUT2D eigenvalue weighted by atomic mass is 32.1. The molecule has 2 aromatic rings. The van der Waals surface area contributed by atoms with Crippen molar-refractivity contribution in [1.82, 2.24) is 5.32 Å². The summed E-state index contributed by atoms with van der Waals surface area (Å²) in [5.41, 5.74) is 0.696. The second kappa shape index (κ2) is 7.02. The third kappa shape index (κ3) is 3.92. The average molecular weight is 289 g/mol. The van der Waals surface area contributed by atoms with E-state index in [1.165, 1.54) is 15.3 Å². The SMILES string of the molecule is CCC(O)(CC)CNCc1ccc(-c2ccccc2)s1. The summed E-state index contributed by atoms with van der Waals surface area (Å²) in [5, 5.41) is 13.6. The van der Waals surface area contributed by atoms with E-state index >= 15 is 0 Å². The van der Waals surface area contributed by atoms with E-state index in [-0.39, 0.29) is 0 Å². The van der Waals surface area contributed by atoms with Crippen molar-refractivity contribution in [2.75, 3.05) is 6.54 Å². The normalized spacial score (nSPS) is 11.8. The molecule has 0 spiro atoms. The first-order valence-corrected chi connectivity index (χ1v) is 8.06. The van der Waals surface area contributed by atoms with Crippen molar-refractivity contribution >= 4 is 11.3 Å².